The van der Waals surface area contributed by atoms with Crippen molar-refractivity contribution in [1.29, 1.82) is 0 Å². The van der Waals surface area contributed by atoms with Gasteiger partial charge in [-0.1, -0.05) is 4.47 Å². The molecule has 1 aromatic carbocycles. The summed E-state index contributed by atoms with van der Waals surface area (Å²) in [4.78, 5) is 5.02. The Morgan fingerprint density at radius 2 is 1.68 bits per heavy atom. The highest BCUT2D eigenvalue weighted by Crippen LogP contribution is 2.21. The Balaban J connectivity index is 2.33. The first-order chi connectivity index (χ1) is 8.88. The van der Waals surface area contributed by atoms with Gasteiger partial charge in [-0.05, 0) is 37.7 Å². The lowest BCUT2D eigenvalue weighted by Gasteiger charge is -2.14. The predicted octanol–water partition coefficient (Wildman–Crippen LogP) is -0.0793. The summed E-state index contributed by atoms with van der Waals surface area (Å²) in [7, 11) is -5.99. The maximum Gasteiger partial charge on any atom is 0.265 e. The molecule has 2 rings (SSSR count). The number of hydrogen-bond acceptors (Lipinski definition) is 5. The SMILES string of the molecule is CNS(=O)(=O)c1ccc(S(=O)(=O)N2CCCO2)cc1. The van der Waals surface area contributed by atoms with Gasteiger partial charge >= 0.3 is 0 Å². The van der Waals surface area contributed by atoms with Gasteiger partial charge in [0.1, 0.15) is 0 Å². The van der Waals surface area contributed by atoms with Crippen LogP contribution in [0.25, 0.3) is 0 Å². The molecule has 1 aromatic rings. The average molecular weight is 306 g/mol. The van der Waals surface area contributed by atoms with Gasteiger partial charge < -0.3 is 0 Å². The molecule has 1 N–H and O–H groups in total. The molecule has 7 nitrogen and oxygen atoms in total. The Labute approximate surface area is 112 Å². The smallest absolute Gasteiger partial charge is 0.265 e. The van der Waals surface area contributed by atoms with Gasteiger partial charge in [-0.25, -0.2) is 21.6 Å². The molecule has 1 aliphatic heterocycles. The molecule has 1 saturated heterocycles. The van der Waals surface area contributed by atoms with Gasteiger partial charge in [0, 0.05) is 6.54 Å². The molecule has 0 aromatic heterocycles. The fourth-order valence-electron chi connectivity index (χ4n) is 1.64. The second kappa shape index (κ2) is 5.17. The molecule has 0 atom stereocenters. The van der Waals surface area contributed by atoms with E-state index in [0.717, 1.165) is 4.47 Å². The summed E-state index contributed by atoms with van der Waals surface area (Å²) in [6.07, 6.45) is 0.644. The van der Waals surface area contributed by atoms with Crippen molar-refractivity contribution in [3.63, 3.8) is 0 Å². The number of nitrogens with one attached hydrogen (secondary N) is 1. The summed E-state index contributed by atoms with van der Waals surface area (Å²) < 4.78 is 50.3. The van der Waals surface area contributed by atoms with Crippen molar-refractivity contribution in [2.45, 2.75) is 16.2 Å². The molecule has 9 heteroatoms. The van der Waals surface area contributed by atoms with Gasteiger partial charge in [0.15, 0.2) is 0 Å². The molecule has 0 radical (unpaired) electrons. The summed E-state index contributed by atoms with van der Waals surface area (Å²) >= 11 is 0. The third kappa shape index (κ3) is 2.79. The van der Waals surface area contributed by atoms with Crippen molar-refractivity contribution in [2.75, 3.05) is 20.2 Å². The fourth-order valence-corrected chi connectivity index (χ4v) is 3.67. The summed E-state index contributed by atoms with van der Waals surface area (Å²) in [6, 6.07) is 4.99. The van der Waals surface area contributed by atoms with Crippen molar-refractivity contribution < 1.29 is 21.7 Å². The molecule has 19 heavy (non-hydrogen) atoms. The van der Waals surface area contributed by atoms with Crippen LogP contribution in [0.15, 0.2) is 34.1 Å². The van der Waals surface area contributed by atoms with Crippen molar-refractivity contribution >= 4 is 20.0 Å². The Morgan fingerprint density at radius 3 is 2.16 bits per heavy atom. The van der Waals surface area contributed by atoms with Crippen LogP contribution in [0, 0.1) is 0 Å². The third-order valence-corrected chi connectivity index (χ3v) is 5.81. The van der Waals surface area contributed by atoms with Crippen LogP contribution in [0.1, 0.15) is 6.42 Å². The van der Waals surface area contributed by atoms with E-state index in [4.69, 9.17) is 4.84 Å². The van der Waals surface area contributed by atoms with Crippen LogP contribution in [0.2, 0.25) is 0 Å². The first-order valence-electron chi connectivity index (χ1n) is 5.57. The normalized spacial score (nSPS) is 17.7. The molecule has 0 amide bonds. The Bertz CT molecular complexity index is 646. The zero-order valence-corrected chi connectivity index (χ0v) is 11.9. The summed E-state index contributed by atoms with van der Waals surface area (Å²) in [6.45, 7) is 0.671. The predicted molar refractivity (Wildman–Crippen MR) is 67.1 cm³/mol. The minimum absolute atomic E-state index is 0.00412. The lowest BCUT2D eigenvalue weighted by Crippen LogP contribution is -2.27. The molecule has 0 unspecified atom stereocenters. The van der Waals surface area contributed by atoms with Gasteiger partial charge in [-0.2, -0.15) is 0 Å². The van der Waals surface area contributed by atoms with E-state index >= 15 is 0 Å². The highest BCUT2D eigenvalue weighted by atomic mass is 32.2. The van der Waals surface area contributed by atoms with E-state index < -0.39 is 20.0 Å². The van der Waals surface area contributed by atoms with E-state index in [9.17, 15) is 16.8 Å². The second-order valence-electron chi connectivity index (χ2n) is 3.90. The number of sulfonamides is 2. The van der Waals surface area contributed by atoms with E-state index in [1.54, 1.807) is 0 Å². The Morgan fingerprint density at radius 1 is 1.11 bits per heavy atom. The van der Waals surface area contributed by atoms with Crippen LogP contribution in [0.4, 0.5) is 0 Å². The lowest BCUT2D eigenvalue weighted by molar-refractivity contribution is -0.0284. The largest absolute Gasteiger partial charge is 0.284 e. The summed E-state index contributed by atoms with van der Waals surface area (Å²) in [5.74, 6) is 0. The maximum atomic E-state index is 12.1. The second-order valence-corrected chi connectivity index (χ2v) is 7.61. The number of rotatable bonds is 4. The first kappa shape index (κ1) is 14.4. The highest BCUT2D eigenvalue weighted by Gasteiger charge is 2.28. The lowest BCUT2D eigenvalue weighted by atomic mass is 10.4. The van der Waals surface area contributed by atoms with Crippen molar-refractivity contribution in [2.24, 2.45) is 0 Å². The van der Waals surface area contributed by atoms with Crippen LogP contribution < -0.4 is 4.72 Å². The van der Waals surface area contributed by atoms with E-state index in [2.05, 4.69) is 4.72 Å². The van der Waals surface area contributed by atoms with Gasteiger partial charge in [0.25, 0.3) is 10.0 Å². The van der Waals surface area contributed by atoms with E-state index in [1.807, 2.05) is 0 Å². The highest BCUT2D eigenvalue weighted by molar-refractivity contribution is 7.89. The van der Waals surface area contributed by atoms with E-state index in [0.29, 0.717) is 19.6 Å². The maximum absolute atomic E-state index is 12.1. The quantitative estimate of drug-likeness (QED) is 0.840. The topological polar surface area (TPSA) is 92.8 Å². The Hall–Kier alpha value is -1.00. The van der Waals surface area contributed by atoms with Crippen molar-refractivity contribution in [1.82, 2.24) is 9.19 Å². The molecule has 0 saturated carbocycles. The monoisotopic (exact) mass is 306 g/mol. The molecule has 1 heterocycles. The van der Waals surface area contributed by atoms with Crippen molar-refractivity contribution in [3.8, 4) is 0 Å². The minimum Gasteiger partial charge on any atom is -0.284 e. The van der Waals surface area contributed by atoms with Crippen LogP contribution in [0.5, 0.6) is 0 Å². The number of benzene rings is 1. The summed E-state index contributed by atoms with van der Waals surface area (Å²) in [5, 5.41) is 0. The molecule has 0 spiro atoms. The molecule has 106 valence electrons. The van der Waals surface area contributed by atoms with Gasteiger partial charge in [-0.3, -0.25) is 4.84 Å². The zero-order chi connectivity index (χ0) is 14.1. The molecule has 0 aliphatic carbocycles. The number of nitrogens with zero attached hydrogens (tertiary/aromatic N) is 1. The third-order valence-electron chi connectivity index (χ3n) is 2.69. The van der Waals surface area contributed by atoms with Gasteiger partial charge in [-0.15, -0.1) is 0 Å². The van der Waals surface area contributed by atoms with Gasteiger partial charge in [0.05, 0.1) is 16.4 Å². The molecular weight excluding hydrogens is 292 g/mol. The zero-order valence-electron chi connectivity index (χ0n) is 10.2. The van der Waals surface area contributed by atoms with Gasteiger partial charge in [0.2, 0.25) is 10.0 Å². The standard InChI is InChI=1S/C10H14N2O5S2/c1-11-18(13,14)9-3-5-10(6-4-9)19(15,16)12-7-2-8-17-12/h3-6,11H,2,7-8H2,1H3. The van der Waals surface area contributed by atoms with Crippen LogP contribution >= 0.6 is 0 Å². The number of hydrogen-bond donors (Lipinski definition) is 1. The van der Waals surface area contributed by atoms with Crippen LogP contribution in [0.3, 0.4) is 0 Å². The van der Waals surface area contributed by atoms with Crippen molar-refractivity contribution in [3.05, 3.63) is 24.3 Å². The molecule has 0 bridgehead atoms. The fraction of sp³-hybridized carbons (Fsp3) is 0.400. The van der Waals surface area contributed by atoms with E-state index in [-0.39, 0.29) is 9.79 Å². The Kier molecular flexibility index (Phi) is 3.92. The number of hydroxylamine groups is 1. The molecule has 1 aliphatic rings. The first-order valence-corrected chi connectivity index (χ1v) is 8.49. The average Bonchev–Trinajstić information content (AvgIpc) is 2.93. The van der Waals surface area contributed by atoms with Crippen LogP contribution in [-0.4, -0.2) is 41.5 Å². The molecular formula is C10H14N2O5S2. The van der Waals surface area contributed by atoms with Crippen LogP contribution in [-0.2, 0) is 24.9 Å². The molecule has 1 fully saturated rings. The van der Waals surface area contributed by atoms with E-state index in [1.165, 1.54) is 31.3 Å². The summed E-state index contributed by atoms with van der Waals surface area (Å²) in [5.41, 5.74) is 0. The minimum atomic E-state index is -3.71.